The lowest BCUT2D eigenvalue weighted by Gasteiger charge is -2.17. The Morgan fingerprint density at radius 1 is 0.939 bits per heavy atom. The maximum Gasteiger partial charge on any atom is 0.255 e. The van der Waals surface area contributed by atoms with Crippen molar-refractivity contribution in [2.24, 2.45) is 0 Å². The highest BCUT2D eigenvalue weighted by atomic mass is 32.1. The van der Waals surface area contributed by atoms with Crippen LogP contribution >= 0.6 is 11.3 Å². The van der Waals surface area contributed by atoms with Gasteiger partial charge in [0.15, 0.2) is 0 Å². The summed E-state index contributed by atoms with van der Waals surface area (Å²) in [5.74, 6) is 1.42. The van der Waals surface area contributed by atoms with Crippen LogP contribution in [0.4, 0.5) is 23.1 Å². The van der Waals surface area contributed by atoms with Crippen molar-refractivity contribution in [3.63, 3.8) is 0 Å². The van der Waals surface area contributed by atoms with Crippen LogP contribution in [0.5, 0.6) is 0 Å². The lowest BCUT2D eigenvalue weighted by atomic mass is 10.1. The first kappa shape index (κ1) is 21.2. The van der Waals surface area contributed by atoms with Crippen LogP contribution < -0.4 is 15.5 Å². The van der Waals surface area contributed by atoms with E-state index in [-0.39, 0.29) is 5.91 Å². The van der Waals surface area contributed by atoms with Gasteiger partial charge in [-0.15, -0.1) is 11.3 Å². The number of carbonyl (C=O) groups excluding carboxylic acids is 1. The molecular weight excluding hydrogens is 430 g/mol. The van der Waals surface area contributed by atoms with Crippen LogP contribution in [0.2, 0.25) is 0 Å². The summed E-state index contributed by atoms with van der Waals surface area (Å²) in [5, 5.41) is 8.28. The summed E-state index contributed by atoms with van der Waals surface area (Å²) in [7, 11) is 0. The van der Waals surface area contributed by atoms with Gasteiger partial charge in [-0.1, -0.05) is 18.2 Å². The Hall–Kier alpha value is -3.71. The minimum atomic E-state index is -0.134. The number of aryl methyl sites for hydroxylation is 1. The molecular formula is C26H25N5OS. The zero-order valence-corrected chi connectivity index (χ0v) is 19.2. The first-order valence-corrected chi connectivity index (χ1v) is 11.9. The van der Waals surface area contributed by atoms with E-state index in [1.54, 1.807) is 11.3 Å². The second-order valence-electron chi connectivity index (χ2n) is 8.10. The summed E-state index contributed by atoms with van der Waals surface area (Å²) >= 11 is 1.68. The van der Waals surface area contributed by atoms with Crippen LogP contribution in [-0.2, 0) is 0 Å². The standard InChI is InChI=1S/C26H25N5OS/c1-18-17-24(31-14-2-3-15-31)30-26(27-18)29-22-12-10-21(11-13-22)28-25(32)20-8-6-19(7-9-20)23-5-4-16-33-23/h4-13,16-17H,2-3,14-15H2,1H3,(H,28,32)(H,27,29,30). The predicted octanol–water partition coefficient (Wildman–Crippen LogP) is 6.11. The molecule has 1 amide bonds. The van der Waals surface area contributed by atoms with Crippen LogP contribution in [0.1, 0.15) is 28.9 Å². The molecule has 1 saturated heterocycles. The van der Waals surface area contributed by atoms with Gasteiger partial charge in [0.25, 0.3) is 5.91 Å². The molecule has 1 fully saturated rings. The molecule has 0 bridgehead atoms. The highest BCUT2D eigenvalue weighted by Crippen LogP contribution is 2.25. The summed E-state index contributed by atoms with van der Waals surface area (Å²) in [5.41, 5.74) is 4.27. The number of carbonyl (C=O) groups is 1. The average Bonchev–Trinajstić information content (AvgIpc) is 3.55. The van der Waals surface area contributed by atoms with Gasteiger partial charge in [0.1, 0.15) is 5.82 Å². The van der Waals surface area contributed by atoms with Crippen LogP contribution in [-0.4, -0.2) is 29.0 Å². The van der Waals surface area contributed by atoms with E-state index in [1.165, 1.54) is 17.7 Å². The third kappa shape index (κ3) is 5.04. The third-order valence-electron chi connectivity index (χ3n) is 5.62. The summed E-state index contributed by atoms with van der Waals surface area (Å²) in [6.45, 7) is 4.07. The fraction of sp³-hybridized carbons (Fsp3) is 0.192. The smallest absolute Gasteiger partial charge is 0.255 e. The molecule has 0 spiro atoms. The number of anilines is 4. The molecule has 6 nitrogen and oxygen atoms in total. The molecule has 0 saturated carbocycles. The van der Waals surface area contributed by atoms with Crippen LogP contribution in [0.25, 0.3) is 10.4 Å². The quantitative estimate of drug-likeness (QED) is 0.367. The minimum Gasteiger partial charge on any atom is -0.356 e. The molecule has 2 N–H and O–H groups in total. The van der Waals surface area contributed by atoms with Gasteiger partial charge < -0.3 is 15.5 Å². The molecule has 0 aliphatic carbocycles. The van der Waals surface area contributed by atoms with Crippen molar-refractivity contribution >= 4 is 40.4 Å². The molecule has 2 aromatic heterocycles. The van der Waals surface area contributed by atoms with E-state index in [0.29, 0.717) is 11.5 Å². The van der Waals surface area contributed by atoms with Gasteiger partial charge in [0.2, 0.25) is 5.95 Å². The SMILES string of the molecule is Cc1cc(N2CCCC2)nc(Nc2ccc(NC(=O)c3ccc(-c4cccs4)cc3)cc2)n1. The van der Waals surface area contributed by atoms with Crippen molar-refractivity contribution in [3.8, 4) is 10.4 Å². The summed E-state index contributed by atoms with van der Waals surface area (Å²) in [6, 6.07) is 21.4. The second-order valence-corrected chi connectivity index (χ2v) is 9.04. The van der Waals surface area contributed by atoms with Gasteiger partial charge in [0, 0.05) is 46.7 Å². The number of rotatable bonds is 6. The molecule has 33 heavy (non-hydrogen) atoms. The average molecular weight is 456 g/mol. The Kier molecular flexibility index (Phi) is 6.04. The number of hydrogen-bond donors (Lipinski definition) is 2. The number of amides is 1. The van der Waals surface area contributed by atoms with E-state index in [1.807, 2.05) is 73.0 Å². The molecule has 0 radical (unpaired) electrons. The fourth-order valence-electron chi connectivity index (χ4n) is 3.91. The van der Waals surface area contributed by atoms with Crippen LogP contribution in [0, 0.1) is 6.92 Å². The Morgan fingerprint density at radius 3 is 2.36 bits per heavy atom. The van der Waals surface area contributed by atoms with Crippen molar-refractivity contribution in [1.82, 2.24) is 9.97 Å². The maximum atomic E-state index is 12.6. The maximum absolute atomic E-state index is 12.6. The number of nitrogens with zero attached hydrogens (tertiary/aromatic N) is 3. The van der Waals surface area contributed by atoms with E-state index in [0.717, 1.165) is 41.5 Å². The number of aromatic nitrogens is 2. The Balaban J connectivity index is 1.23. The molecule has 0 unspecified atom stereocenters. The Bertz CT molecular complexity index is 1230. The number of benzene rings is 2. The van der Waals surface area contributed by atoms with Crippen molar-refractivity contribution in [1.29, 1.82) is 0 Å². The summed E-state index contributed by atoms with van der Waals surface area (Å²) in [4.78, 5) is 25.3. The molecule has 0 atom stereocenters. The molecule has 1 aliphatic rings. The van der Waals surface area contributed by atoms with Gasteiger partial charge in [-0.25, -0.2) is 4.98 Å². The highest BCUT2D eigenvalue weighted by Gasteiger charge is 2.15. The number of nitrogens with one attached hydrogen (secondary N) is 2. The molecule has 166 valence electrons. The normalized spacial score (nSPS) is 13.2. The Morgan fingerprint density at radius 2 is 1.67 bits per heavy atom. The van der Waals surface area contributed by atoms with Crippen LogP contribution in [0.15, 0.2) is 72.1 Å². The van der Waals surface area contributed by atoms with Crippen molar-refractivity contribution in [2.75, 3.05) is 28.6 Å². The molecule has 1 aliphatic heterocycles. The van der Waals surface area contributed by atoms with E-state index < -0.39 is 0 Å². The van der Waals surface area contributed by atoms with Gasteiger partial charge in [0.05, 0.1) is 0 Å². The van der Waals surface area contributed by atoms with Gasteiger partial charge >= 0.3 is 0 Å². The second kappa shape index (κ2) is 9.42. The van der Waals surface area contributed by atoms with Crippen molar-refractivity contribution in [2.45, 2.75) is 19.8 Å². The van der Waals surface area contributed by atoms with Gasteiger partial charge in [-0.3, -0.25) is 4.79 Å². The van der Waals surface area contributed by atoms with Crippen LogP contribution in [0.3, 0.4) is 0 Å². The molecule has 5 rings (SSSR count). The fourth-order valence-corrected chi connectivity index (χ4v) is 4.65. The van der Waals surface area contributed by atoms with Gasteiger partial charge in [-0.05, 0) is 73.2 Å². The largest absolute Gasteiger partial charge is 0.356 e. The third-order valence-corrected chi connectivity index (χ3v) is 6.54. The lowest BCUT2D eigenvalue weighted by Crippen LogP contribution is -2.19. The predicted molar refractivity (Wildman–Crippen MR) is 136 cm³/mol. The van der Waals surface area contributed by atoms with Gasteiger partial charge in [-0.2, -0.15) is 4.98 Å². The number of hydrogen-bond acceptors (Lipinski definition) is 6. The lowest BCUT2D eigenvalue weighted by molar-refractivity contribution is 0.102. The first-order chi connectivity index (χ1) is 16.1. The Labute approximate surface area is 197 Å². The van der Waals surface area contributed by atoms with Crippen molar-refractivity contribution < 1.29 is 4.79 Å². The summed E-state index contributed by atoms with van der Waals surface area (Å²) < 4.78 is 0. The van der Waals surface area contributed by atoms with Crippen molar-refractivity contribution in [3.05, 3.63) is 83.4 Å². The molecule has 2 aromatic carbocycles. The van der Waals surface area contributed by atoms with E-state index >= 15 is 0 Å². The number of thiophene rings is 1. The monoisotopic (exact) mass is 455 g/mol. The molecule has 3 heterocycles. The zero-order chi connectivity index (χ0) is 22.6. The van der Waals surface area contributed by atoms with E-state index in [9.17, 15) is 4.79 Å². The van der Waals surface area contributed by atoms with E-state index in [2.05, 4.69) is 31.6 Å². The molecule has 4 aromatic rings. The highest BCUT2D eigenvalue weighted by molar-refractivity contribution is 7.13. The minimum absolute atomic E-state index is 0.134. The van der Waals surface area contributed by atoms with E-state index in [4.69, 9.17) is 0 Å². The topological polar surface area (TPSA) is 70.2 Å². The first-order valence-electron chi connectivity index (χ1n) is 11.1. The zero-order valence-electron chi connectivity index (χ0n) is 18.4. The molecule has 7 heteroatoms. The summed E-state index contributed by atoms with van der Waals surface area (Å²) in [6.07, 6.45) is 2.41.